The highest BCUT2D eigenvalue weighted by atomic mass is 16.2. The zero-order chi connectivity index (χ0) is 8.22. The van der Waals surface area contributed by atoms with E-state index in [-0.39, 0.29) is 17.4 Å². The Morgan fingerprint density at radius 1 is 1.55 bits per heavy atom. The van der Waals surface area contributed by atoms with Crippen LogP contribution in [0, 0.1) is 11.3 Å². The fourth-order valence-corrected chi connectivity index (χ4v) is 2.29. The standard InChI is InChI=1S/C8H14N2O/c1-10(2)7(11)8-3-5(4-8)6(8)9/h5-6H,3-4,9H2,1-2H3. The van der Waals surface area contributed by atoms with Gasteiger partial charge in [0, 0.05) is 20.1 Å². The van der Waals surface area contributed by atoms with Crippen LogP contribution in [0.5, 0.6) is 0 Å². The van der Waals surface area contributed by atoms with E-state index in [0.29, 0.717) is 5.92 Å². The van der Waals surface area contributed by atoms with Crippen molar-refractivity contribution in [2.75, 3.05) is 14.1 Å². The highest BCUT2D eigenvalue weighted by Gasteiger charge is 2.68. The Morgan fingerprint density at radius 3 is 2.18 bits per heavy atom. The van der Waals surface area contributed by atoms with Crippen molar-refractivity contribution in [2.24, 2.45) is 17.1 Å². The quantitative estimate of drug-likeness (QED) is 0.569. The summed E-state index contributed by atoms with van der Waals surface area (Å²) in [6.07, 6.45) is 2.07. The van der Waals surface area contributed by atoms with Gasteiger partial charge in [-0.3, -0.25) is 4.79 Å². The third-order valence-corrected chi connectivity index (χ3v) is 3.23. The van der Waals surface area contributed by atoms with Crippen molar-refractivity contribution in [3.05, 3.63) is 0 Å². The lowest BCUT2D eigenvalue weighted by Crippen LogP contribution is -2.74. The molecule has 3 saturated carbocycles. The van der Waals surface area contributed by atoms with Gasteiger partial charge in [-0.05, 0) is 18.8 Å². The summed E-state index contributed by atoms with van der Waals surface area (Å²) in [4.78, 5) is 13.2. The summed E-state index contributed by atoms with van der Waals surface area (Å²) in [6, 6.07) is 0.164. The minimum atomic E-state index is -0.131. The van der Waals surface area contributed by atoms with Gasteiger partial charge in [-0.25, -0.2) is 0 Å². The molecule has 3 aliphatic rings. The molecule has 11 heavy (non-hydrogen) atoms. The van der Waals surface area contributed by atoms with Crippen LogP contribution < -0.4 is 5.73 Å². The molecule has 0 aromatic rings. The third kappa shape index (κ3) is 0.601. The van der Waals surface area contributed by atoms with Crippen LogP contribution in [0.25, 0.3) is 0 Å². The molecular weight excluding hydrogens is 140 g/mol. The van der Waals surface area contributed by atoms with Crippen LogP contribution in [0.3, 0.4) is 0 Å². The largest absolute Gasteiger partial charge is 0.348 e. The fourth-order valence-electron chi connectivity index (χ4n) is 2.29. The van der Waals surface area contributed by atoms with E-state index in [4.69, 9.17) is 5.73 Å². The van der Waals surface area contributed by atoms with Gasteiger partial charge >= 0.3 is 0 Å². The van der Waals surface area contributed by atoms with Crippen LogP contribution in [0.1, 0.15) is 12.8 Å². The predicted molar refractivity (Wildman–Crippen MR) is 41.8 cm³/mol. The van der Waals surface area contributed by atoms with Crippen LogP contribution in [0.4, 0.5) is 0 Å². The molecule has 3 aliphatic carbocycles. The molecule has 1 amide bonds. The number of carbonyl (C=O) groups excluding carboxylic acids is 1. The topological polar surface area (TPSA) is 46.3 Å². The highest BCUT2D eigenvalue weighted by molar-refractivity contribution is 5.86. The number of hydrogen-bond donors (Lipinski definition) is 1. The first-order valence-corrected chi connectivity index (χ1v) is 4.05. The third-order valence-electron chi connectivity index (χ3n) is 3.23. The summed E-state index contributed by atoms with van der Waals surface area (Å²) in [7, 11) is 3.60. The second kappa shape index (κ2) is 1.78. The van der Waals surface area contributed by atoms with Gasteiger partial charge in [0.15, 0.2) is 0 Å². The summed E-state index contributed by atoms with van der Waals surface area (Å²) in [6.45, 7) is 0. The molecule has 0 saturated heterocycles. The predicted octanol–water partition coefficient (Wildman–Crippen LogP) is -0.188. The molecule has 0 aliphatic heterocycles. The maximum Gasteiger partial charge on any atom is 0.229 e. The number of amides is 1. The first kappa shape index (κ1) is 7.10. The Hall–Kier alpha value is -0.570. The zero-order valence-corrected chi connectivity index (χ0v) is 7.00. The second-order valence-corrected chi connectivity index (χ2v) is 4.05. The number of rotatable bonds is 1. The lowest BCUT2D eigenvalue weighted by molar-refractivity contribution is -0.182. The molecule has 1 atom stereocenters. The molecular formula is C8H14N2O. The number of carbonyl (C=O) groups is 1. The van der Waals surface area contributed by atoms with E-state index >= 15 is 0 Å². The van der Waals surface area contributed by atoms with Gasteiger partial charge in [-0.1, -0.05) is 0 Å². The molecule has 0 spiro atoms. The number of hydrogen-bond acceptors (Lipinski definition) is 2. The maximum atomic E-state index is 11.5. The molecule has 3 rings (SSSR count). The van der Waals surface area contributed by atoms with Crippen molar-refractivity contribution in [1.82, 2.24) is 4.90 Å². The highest BCUT2D eigenvalue weighted by Crippen LogP contribution is 2.63. The average Bonchev–Trinajstić information content (AvgIpc) is 1.84. The van der Waals surface area contributed by atoms with Crippen molar-refractivity contribution < 1.29 is 4.79 Å². The van der Waals surface area contributed by atoms with E-state index in [9.17, 15) is 4.79 Å². The van der Waals surface area contributed by atoms with E-state index in [0.717, 1.165) is 12.8 Å². The van der Waals surface area contributed by atoms with Crippen LogP contribution in [-0.2, 0) is 4.79 Å². The normalized spacial score (nSPS) is 45.7. The monoisotopic (exact) mass is 154 g/mol. The molecule has 2 N–H and O–H groups in total. The Balaban J connectivity index is 2.10. The molecule has 0 radical (unpaired) electrons. The number of nitrogens with zero attached hydrogens (tertiary/aromatic N) is 1. The van der Waals surface area contributed by atoms with Crippen LogP contribution in [0.15, 0.2) is 0 Å². The van der Waals surface area contributed by atoms with Gasteiger partial charge in [0.1, 0.15) is 0 Å². The molecule has 3 fully saturated rings. The molecule has 3 nitrogen and oxygen atoms in total. The Morgan fingerprint density at radius 2 is 2.09 bits per heavy atom. The average molecular weight is 154 g/mol. The van der Waals surface area contributed by atoms with Gasteiger partial charge in [0.25, 0.3) is 0 Å². The molecule has 0 aromatic carbocycles. The van der Waals surface area contributed by atoms with Crippen molar-refractivity contribution in [3.63, 3.8) is 0 Å². The summed E-state index contributed by atoms with van der Waals surface area (Å²) in [5, 5.41) is 0. The molecule has 2 bridgehead atoms. The van der Waals surface area contributed by atoms with Crippen molar-refractivity contribution in [2.45, 2.75) is 18.9 Å². The first-order chi connectivity index (χ1) is 5.08. The van der Waals surface area contributed by atoms with Gasteiger partial charge in [0.05, 0.1) is 5.41 Å². The molecule has 0 heterocycles. The summed E-state index contributed by atoms with van der Waals surface area (Å²) in [5.74, 6) is 0.881. The van der Waals surface area contributed by atoms with Crippen LogP contribution in [-0.4, -0.2) is 30.9 Å². The maximum absolute atomic E-state index is 11.5. The molecule has 3 heteroatoms. The van der Waals surface area contributed by atoms with E-state index in [1.165, 1.54) is 0 Å². The van der Waals surface area contributed by atoms with Crippen molar-refractivity contribution >= 4 is 5.91 Å². The minimum absolute atomic E-state index is 0.131. The minimum Gasteiger partial charge on any atom is -0.348 e. The number of nitrogens with two attached hydrogens (primary N) is 1. The van der Waals surface area contributed by atoms with E-state index in [2.05, 4.69) is 0 Å². The van der Waals surface area contributed by atoms with Crippen LogP contribution >= 0.6 is 0 Å². The van der Waals surface area contributed by atoms with E-state index < -0.39 is 0 Å². The summed E-state index contributed by atoms with van der Waals surface area (Å²) in [5.41, 5.74) is 5.67. The van der Waals surface area contributed by atoms with E-state index in [1.807, 2.05) is 0 Å². The van der Waals surface area contributed by atoms with Gasteiger partial charge in [-0.15, -0.1) is 0 Å². The van der Waals surface area contributed by atoms with E-state index in [1.54, 1.807) is 19.0 Å². The van der Waals surface area contributed by atoms with Crippen molar-refractivity contribution in [1.29, 1.82) is 0 Å². The van der Waals surface area contributed by atoms with Crippen molar-refractivity contribution in [3.8, 4) is 0 Å². The SMILES string of the molecule is CN(C)C(=O)C12CC(C1)C2N. The Labute approximate surface area is 66.5 Å². The van der Waals surface area contributed by atoms with Gasteiger partial charge in [-0.2, -0.15) is 0 Å². The Bertz CT molecular complexity index is 206. The smallest absolute Gasteiger partial charge is 0.229 e. The van der Waals surface area contributed by atoms with Gasteiger partial charge < -0.3 is 10.6 Å². The summed E-state index contributed by atoms with van der Waals surface area (Å²) >= 11 is 0. The first-order valence-electron chi connectivity index (χ1n) is 4.05. The molecule has 62 valence electrons. The van der Waals surface area contributed by atoms with Crippen LogP contribution in [0.2, 0.25) is 0 Å². The second-order valence-electron chi connectivity index (χ2n) is 4.05. The lowest BCUT2D eigenvalue weighted by Gasteiger charge is -2.65. The zero-order valence-electron chi connectivity index (χ0n) is 7.00. The summed E-state index contributed by atoms with van der Waals surface area (Å²) < 4.78 is 0. The molecule has 0 aromatic heterocycles. The van der Waals surface area contributed by atoms with Gasteiger partial charge in [0.2, 0.25) is 5.91 Å². The molecule has 1 unspecified atom stereocenters. The lowest BCUT2D eigenvalue weighted by atomic mass is 9.40. The Kier molecular flexibility index (Phi) is 1.15. The fraction of sp³-hybridized carbons (Fsp3) is 0.875.